The number of carbonyl (C=O) groups is 1. The molecule has 0 fully saturated rings. The average molecular weight is 474 g/mol. The van der Waals surface area contributed by atoms with Crippen molar-refractivity contribution in [2.75, 3.05) is 0 Å². The van der Waals surface area contributed by atoms with E-state index in [4.69, 9.17) is 0 Å². The zero-order valence-corrected chi connectivity index (χ0v) is 18.2. The van der Waals surface area contributed by atoms with Crippen LogP contribution in [-0.4, -0.2) is 12.4 Å². The molecule has 103 valence electrons. The molecule has 1 aliphatic carbocycles. The minimum atomic E-state index is -1.99. The summed E-state index contributed by atoms with van der Waals surface area (Å²) < 4.78 is 4.90. The van der Waals surface area contributed by atoms with Crippen molar-refractivity contribution in [2.24, 2.45) is 5.92 Å². The van der Waals surface area contributed by atoms with Gasteiger partial charge in [0.05, 0.1) is 0 Å². The summed E-state index contributed by atoms with van der Waals surface area (Å²) >= 11 is -1.99. The van der Waals surface area contributed by atoms with Crippen molar-refractivity contribution in [1.29, 1.82) is 0 Å². The van der Waals surface area contributed by atoms with Gasteiger partial charge in [0, 0.05) is 0 Å². The van der Waals surface area contributed by atoms with Crippen molar-refractivity contribution >= 4 is 12.4 Å². The van der Waals surface area contributed by atoms with E-state index in [0.717, 1.165) is 6.41 Å². The molecule has 1 amide bonds. The standard InChI is InChI=1S/C9H13.C2H7Si.CH3NO.2ClH.Hf/c1-6-5-7(2)9(4)8(6)3;1-3-2;2-1-3;;;/h6H,1-4H3;3H,1-2H3;1H,(H2,2,3);2*1H;/q;;;;;+3/p-3. The Morgan fingerprint density at radius 1 is 1.17 bits per heavy atom. The molecule has 0 saturated heterocycles. The summed E-state index contributed by atoms with van der Waals surface area (Å²) in [4.78, 5) is 10.8. The summed E-state index contributed by atoms with van der Waals surface area (Å²) in [6.07, 6.45) is 0.949. The maximum Gasteiger partial charge on any atom is -1.00 e. The van der Waals surface area contributed by atoms with Gasteiger partial charge < -0.3 is 24.8 Å². The van der Waals surface area contributed by atoms with Crippen LogP contribution < -0.4 is 28.1 Å². The maximum atomic E-state index is 10.8. The summed E-state index contributed by atoms with van der Waals surface area (Å²) in [6.45, 7) is 13.8. The van der Waals surface area contributed by atoms with Crippen LogP contribution in [0.4, 0.5) is 0 Å². The molecule has 1 unspecified atom stereocenters. The number of nitrogens with one attached hydrogen (secondary N) is 1. The Morgan fingerprint density at radius 3 is 1.94 bits per heavy atom. The molecule has 0 radical (unpaired) electrons. The minimum absolute atomic E-state index is 0. The first-order valence-corrected chi connectivity index (χ1v) is 18.6. The number of carbonyl (C=O) groups excluding carboxylic acids is 1. The summed E-state index contributed by atoms with van der Waals surface area (Å²) in [7, 11) is 0. The first-order valence-electron chi connectivity index (χ1n) is 5.87. The fourth-order valence-electron chi connectivity index (χ4n) is 2.42. The van der Waals surface area contributed by atoms with Gasteiger partial charge in [0.2, 0.25) is 0 Å². The molecule has 0 heterocycles. The van der Waals surface area contributed by atoms with Crippen LogP contribution in [0.3, 0.4) is 0 Å². The normalized spacial score (nSPS) is 18.5. The van der Waals surface area contributed by atoms with Crippen molar-refractivity contribution in [3.8, 4) is 0 Å². The molecule has 2 nitrogen and oxygen atoms in total. The first-order chi connectivity index (χ1) is 7.41. The van der Waals surface area contributed by atoms with Gasteiger partial charge in [0.1, 0.15) is 0 Å². The van der Waals surface area contributed by atoms with E-state index in [1.54, 1.807) is 3.33 Å². The van der Waals surface area contributed by atoms with Crippen LogP contribution in [0.15, 0.2) is 20.0 Å². The molecular formula is C12H22Cl2HfNOSi. The molecule has 0 aromatic carbocycles. The SMILES string of the molecule is CC1=C(C)C(C)[C]([Hf+2]([NH]C=O)[SiH](C)C)=C1C.[Cl-].[Cl-]. The van der Waals surface area contributed by atoms with Gasteiger partial charge in [-0.1, -0.05) is 0 Å². The van der Waals surface area contributed by atoms with Crippen LogP contribution in [0.2, 0.25) is 13.1 Å². The Morgan fingerprint density at radius 2 is 1.67 bits per heavy atom. The molecule has 1 aliphatic rings. The fourth-order valence-corrected chi connectivity index (χ4v) is 23.6. The van der Waals surface area contributed by atoms with Crippen LogP contribution in [0.25, 0.3) is 0 Å². The second kappa shape index (κ2) is 8.72. The number of hydrogen-bond acceptors (Lipinski definition) is 1. The third-order valence-corrected chi connectivity index (χ3v) is 27.8. The average Bonchev–Trinajstić information content (AvgIpc) is 2.41. The Balaban J connectivity index is 0. The van der Waals surface area contributed by atoms with Gasteiger partial charge >= 0.3 is 108 Å². The summed E-state index contributed by atoms with van der Waals surface area (Å²) in [5, 5.41) is 0. The predicted molar refractivity (Wildman–Crippen MR) is 68.3 cm³/mol. The second-order valence-corrected chi connectivity index (χ2v) is 30.3. The van der Waals surface area contributed by atoms with Gasteiger partial charge in [-0.2, -0.15) is 0 Å². The number of allylic oxidation sites excluding steroid dienone is 4. The van der Waals surface area contributed by atoms with Crippen LogP contribution in [0, 0.1) is 5.92 Å². The quantitative estimate of drug-likeness (QED) is 0.334. The van der Waals surface area contributed by atoms with Gasteiger partial charge in [0.15, 0.2) is 0 Å². The molecule has 6 heteroatoms. The smallest absolute Gasteiger partial charge is 1.00 e. The van der Waals surface area contributed by atoms with Crippen molar-refractivity contribution in [3.05, 3.63) is 20.0 Å². The second-order valence-electron chi connectivity index (χ2n) is 4.90. The predicted octanol–water partition coefficient (Wildman–Crippen LogP) is -3.48. The Labute approximate surface area is 132 Å². The fraction of sp³-hybridized carbons (Fsp3) is 0.583. The molecule has 1 atom stereocenters. The molecule has 0 aromatic heterocycles. The van der Waals surface area contributed by atoms with Gasteiger partial charge in [-0.15, -0.1) is 0 Å². The third-order valence-electron chi connectivity index (χ3n) is 3.72. The summed E-state index contributed by atoms with van der Waals surface area (Å²) in [6, 6.07) is 0. The monoisotopic (exact) mass is 474 g/mol. The van der Waals surface area contributed by atoms with Crippen LogP contribution in [-0.2, 0) is 25.7 Å². The van der Waals surface area contributed by atoms with Gasteiger partial charge in [-0.3, -0.25) is 0 Å². The van der Waals surface area contributed by atoms with Crippen molar-refractivity contribution in [3.63, 3.8) is 0 Å². The number of halogens is 2. The molecule has 1 rings (SSSR count). The molecule has 0 aliphatic heterocycles. The van der Waals surface area contributed by atoms with Crippen molar-refractivity contribution in [2.45, 2.75) is 40.8 Å². The van der Waals surface area contributed by atoms with E-state index in [1.165, 1.54) is 16.7 Å². The third kappa shape index (κ3) is 4.05. The molecule has 0 bridgehead atoms. The van der Waals surface area contributed by atoms with Crippen LogP contribution in [0.1, 0.15) is 27.7 Å². The Kier molecular flexibility index (Phi) is 10.1. The number of rotatable bonds is 4. The molecule has 0 aromatic rings. The van der Waals surface area contributed by atoms with Crippen molar-refractivity contribution in [1.82, 2.24) is 3.30 Å². The van der Waals surface area contributed by atoms with E-state index in [0.29, 0.717) is 5.92 Å². The van der Waals surface area contributed by atoms with E-state index >= 15 is 0 Å². The van der Waals surface area contributed by atoms with E-state index in [2.05, 4.69) is 44.1 Å². The van der Waals surface area contributed by atoms with Crippen LogP contribution in [0.5, 0.6) is 0 Å². The van der Waals surface area contributed by atoms with Gasteiger partial charge in [-0.25, -0.2) is 0 Å². The van der Waals surface area contributed by atoms with Crippen molar-refractivity contribution < 1.29 is 50.5 Å². The first kappa shape index (κ1) is 20.9. The molecule has 0 spiro atoms. The molecule has 18 heavy (non-hydrogen) atoms. The molecule has 0 saturated carbocycles. The molecule has 1 N–H and O–H groups in total. The van der Waals surface area contributed by atoms with Gasteiger partial charge in [-0.05, 0) is 0 Å². The largest absolute Gasteiger partial charge is 1.00 e. The topological polar surface area (TPSA) is 29.1 Å². The van der Waals surface area contributed by atoms with E-state index < -0.39 is 26.9 Å². The maximum absolute atomic E-state index is 10.8. The van der Waals surface area contributed by atoms with E-state index in [9.17, 15) is 4.79 Å². The molecular weight excluding hydrogens is 452 g/mol. The zero-order valence-electron chi connectivity index (χ0n) is 11.9. The van der Waals surface area contributed by atoms with E-state index in [1.807, 2.05) is 0 Å². The van der Waals surface area contributed by atoms with Crippen LogP contribution >= 0.6 is 0 Å². The number of hydrogen-bond donors (Lipinski definition) is 1. The summed E-state index contributed by atoms with van der Waals surface area (Å²) in [5.41, 5.74) is 4.47. The minimum Gasteiger partial charge on any atom is -1.00 e. The zero-order chi connectivity index (χ0) is 12.5. The van der Waals surface area contributed by atoms with E-state index in [-0.39, 0.29) is 24.8 Å². The summed E-state index contributed by atoms with van der Waals surface area (Å²) in [5.74, 6) is -0.114. The van der Waals surface area contributed by atoms with Gasteiger partial charge in [0.25, 0.3) is 0 Å². The Bertz CT molecular complexity index is 369. The number of amides is 1. The Hall–Kier alpha value is 0.617.